The number of aromatic nitrogens is 1. The number of nitrogens with zero attached hydrogens (tertiary/aromatic N) is 1. The summed E-state index contributed by atoms with van der Waals surface area (Å²) in [6, 6.07) is 5.41. The zero-order valence-corrected chi connectivity index (χ0v) is 11.9. The van der Waals surface area contributed by atoms with E-state index in [4.69, 9.17) is 11.6 Å². The van der Waals surface area contributed by atoms with Crippen LogP contribution in [-0.4, -0.2) is 16.7 Å². The first-order chi connectivity index (χ1) is 8.20. The molecule has 0 spiro atoms. The fraction of sp³-hybridized carbons (Fsp3) is 0.182. The van der Waals surface area contributed by atoms with Gasteiger partial charge in [-0.15, -0.1) is 11.3 Å². The van der Waals surface area contributed by atoms with Gasteiger partial charge in [-0.25, -0.2) is 0 Å². The van der Waals surface area contributed by atoms with Crippen LogP contribution in [0.5, 0.6) is 0 Å². The van der Waals surface area contributed by atoms with Crippen LogP contribution in [0.15, 0.2) is 34.4 Å². The van der Waals surface area contributed by atoms with Crippen molar-refractivity contribution in [1.29, 1.82) is 0 Å². The zero-order chi connectivity index (χ0) is 12.3. The first-order valence-corrected chi connectivity index (χ1v) is 6.96. The van der Waals surface area contributed by atoms with Crippen LogP contribution in [0.4, 0.5) is 5.69 Å². The van der Waals surface area contributed by atoms with Gasteiger partial charge >= 0.3 is 0 Å². The van der Waals surface area contributed by atoms with E-state index in [1.165, 1.54) is 11.3 Å². The predicted molar refractivity (Wildman–Crippen MR) is 74.7 cm³/mol. The van der Waals surface area contributed by atoms with Crippen LogP contribution in [0.2, 0.25) is 5.02 Å². The maximum Gasteiger partial charge on any atom is 0.0853 e. The Bertz CT molecular complexity index is 492. The number of halogens is 2. The Morgan fingerprint density at radius 2 is 2.35 bits per heavy atom. The highest BCUT2D eigenvalue weighted by Gasteiger charge is 2.12. The molecule has 17 heavy (non-hydrogen) atoms. The van der Waals surface area contributed by atoms with E-state index in [-0.39, 0.29) is 12.6 Å². The largest absolute Gasteiger partial charge is 0.394 e. The highest BCUT2D eigenvalue weighted by atomic mass is 79.9. The molecule has 3 nitrogen and oxygen atoms in total. The SMILES string of the molecule is OCC(Nc1ccc(Cl)c(Br)c1)c1cncs1. The molecule has 0 saturated heterocycles. The number of rotatable bonds is 4. The molecule has 2 N–H and O–H groups in total. The van der Waals surface area contributed by atoms with Crippen molar-refractivity contribution >= 4 is 44.6 Å². The molecule has 1 aromatic carbocycles. The second-order valence-electron chi connectivity index (χ2n) is 3.41. The minimum absolute atomic E-state index is 0.0163. The average Bonchev–Trinajstić information content (AvgIpc) is 2.84. The molecule has 0 aliphatic heterocycles. The molecule has 1 aromatic heterocycles. The van der Waals surface area contributed by atoms with Crippen LogP contribution in [0.3, 0.4) is 0 Å². The minimum atomic E-state index is -0.143. The lowest BCUT2D eigenvalue weighted by Gasteiger charge is -2.16. The molecule has 1 atom stereocenters. The van der Waals surface area contributed by atoms with E-state index in [2.05, 4.69) is 26.2 Å². The molecule has 0 saturated carbocycles. The van der Waals surface area contributed by atoms with Crippen LogP contribution < -0.4 is 5.32 Å². The molecule has 0 amide bonds. The zero-order valence-electron chi connectivity index (χ0n) is 8.73. The molecule has 2 aromatic rings. The Hall–Kier alpha value is -0.620. The summed E-state index contributed by atoms with van der Waals surface area (Å²) in [6.45, 7) is 0.0163. The number of benzene rings is 1. The first kappa shape index (κ1) is 12.8. The average molecular weight is 334 g/mol. The highest BCUT2D eigenvalue weighted by molar-refractivity contribution is 9.10. The van der Waals surface area contributed by atoms with Crippen LogP contribution in [0, 0.1) is 0 Å². The van der Waals surface area contributed by atoms with Gasteiger partial charge in [0, 0.05) is 21.2 Å². The molecule has 90 valence electrons. The minimum Gasteiger partial charge on any atom is -0.394 e. The summed E-state index contributed by atoms with van der Waals surface area (Å²) in [5, 5.41) is 13.3. The standard InChI is InChI=1S/C11H10BrClN2OS/c12-8-3-7(1-2-9(8)13)15-10(5-16)11-4-14-6-17-11/h1-4,6,10,15-16H,5H2. The number of hydrogen-bond acceptors (Lipinski definition) is 4. The van der Waals surface area contributed by atoms with E-state index in [1.807, 2.05) is 12.1 Å². The van der Waals surface area contributed by atoms with Crippen LogP contribution in [-0.2, 0) is 0 Å². The number of nitrogens with one attached hydrogen (secondary N) is 1. The van der Waals surface area contributed by atoms with Crippen molar-refractivity contribution in [3.63, 3.8) is 0 Å². The summed E-state index contributed by atoms with van der Waals surface area (Å²) in [5.41, 5.74) is 2.64. The van der Waals surface area contributed by atoms with E-state index < -0.39 is 0 Å². The smallest absolute Gasteiger partial charge is 0.0853 e. The molecular weight excluding hydrogens is 324 g/mol. The molecule has 2 rings (SSSR count). The van der Waals surface area contributed by atoms with E-state index >= 15 is 0 Å². The number of aliphatic hydroxyl groups is 1. The van der Waals surface area contributed by atoms with Crippen molar-refractivity contribution < 1.29 is 5.11 Å². The molecular formula is C11H10BrClN2OS. The summed E-state index contributed by atoms with van der Waals surface area (Å²) in [4.78, 5) is 5.00. The summed E-state index contributed by atoms with van der Waals surface area (Å²) in [6.07, 6.45) is 1.75. The van der Waals surface area contributed by atoms with Crippen molar-refractivity contribution in [2.45, 2.75) is 6.04 Å². The summed E-state index contributed by atoms with van der Waals surface area (Å²) < 4.78 is 0.824. The quantitative estimate of drug-likeness (QED) is 0.896. The predicted octanol–water partition coefficient (Wildman–Crippen LogP) is 3.70. The number of thiazole rings is 1. The molecule has 1 unspecified atom stereocenters. The number of hydrogen-bond donors (Lipinski definition) is 2. The topological polar surface area (TPSA) is 45.1 Å². The van der Waals surface area contributed by atoms with E-state index in [0.717, 1.165) is 15.0 Å². The Morgan fingerprint density at radius 3 is 2.94 bits per heavy atom. The second-order valence-corrected chi connectivity index (χ2v) is 5.59. The molecule has 0 fully saturated rings. The second kappa shape index (κ2) is 5.82. The Balaban J connectivity index is 2.16. The molecule has 6 heteroatoms. The summed E-state index contributed by atoms with van der Waals surface area (Å²) >= 11 is 10.8. The highest BCUT2D eigenvalue weighted by Crippen LogP contribution is 2.28. The van der Waals surface area contributed by atoms with Crippen molar-refractivity contribution in [2.24, 2.45) is 0 Å². The number of aliphatic hydroxyl groups excluding tert-OH is 1. The monoisotopic (exact) mass is 332 g/mol. The maximum absolute atomic E-state index is 9.36. The van der Waals surface area contributed by atoms with E-state index in [9.17, 15) is 5.11 Å². The van der Waals surface area contributed by atoms with Crippen molar-refractivity contribution in [1.82, 2.24) is 4.98 Å². The van der Waals surface area contributed by atoms with Gasteiger partial charge in [-0.1, -0.05) is 11.6 Å². The van der Waals surface area contributed by atoms with Gasteiger partial charge in [-0.05, 0) is 34.1 Å². The third-order valence-corrected chi connectivity index (χ3v) is 4.34. The van der Waals surface area contributed by atoms with E-state index in [1.54, 1.807) is 17.8 Å². The van der Waals surface area contributed by atoms with Gasteiger partial charge in [0.25, 0.3) is 0 Å². The summed E-state index contributed by atoms with van der Waals surface area (Å²) in [7, 11) is 0. The fourth-order valence-corrected chi connectivity index (χ4v) is 2.55. The Morgan fingerprint density at radius 1 is 1.53 bits per heavy atom. The lowest BCUT2D eigenvalue weighted by atomic mass is 10.2. The van der Waals surface area contributed by atoms with Gasteiger partial charge in [0.05, 0.1) is 23.2 Å². The lowest BCUT2D eigenvalue weighted by molar-refractivity contribution is 0.277. The van der Waals surface area contributed by atoms with Gasteiger partial charge in [-0.2, -0.15) is 0 Å². The molecule has 0 radical (unpaired) electrons. The van der Waals surface area contributed by atoms with Gasteiger partial charge in [0.2, 0.25) is 0 Å². The molecule has 0 bridgehead atoms. The van der Waals surface area contributed by atoms with Crippen molar-refractivity contribution in [2.75, 3.05) is 11.9 Å². The third-order valence-electron chi connectivity index (χ3n) is 2.24. The van der Waals surface area contributed by atoms with Crippen molar-refractivity contribution in [3.8, 4) is 0 Å². The molecule has 0 aliphatic carbocycles. The van der Waals surface area contributed by atoms with Gasteiger partial charge in [0.15, 0.2) is 0 Å². The van der Waals surface area contributed by atoms with Crippen molar-refractivity contribution in [3.05, 3.63) is 44.3 Å². The Kier molecular flexibility index (Phi) is 4.39. The Labute approximate surface area is 117 Å². The third kappa shape index (κ3) is 3.19. The van der Waals surface area contributed by atoms with Crippen LogP contribution in [0.25, 0.3) is 0 Å². The maximum atomic E-state index is 9.36. The van der Waals surface area contributed by atoms with Gasteiger partial charge in [0.1, 0.15) is 0 Å². The fourth-order valence-electron chi connectivity index (χ4n) is 1.39. The summed E-state index contributed by atoms with van der Waals surface area (Å²) in [5.74, 6) is 0. The first-order valence-electron chi connectivity index (χ1n) is 4.91. The molecule has 1 heterocycles. The van der Waals surface area contributed by atoms with Gasteiger partial charge < -0.3 is 10.4 Å². The van der Waals surface area contributed by atoms with Gasteiger partial charge in [-0.3, -0.25) is 4.98 Å². The van der Waals surface area contributed by atoms with Crippen LogP contribution >= 0.6 is 38.9 Å². The number of anilines is 1. The normalized spacial score (nSPS) is 12.4. The van der Waals surface area contributed by atoms with E-state index in [0.29, 0.717) is 5.02 Å². The van der Waals surface area contributed by atoms with Crippen LogP contribution in [0.1, 0.15) is 10.9 Å². The molecule has 0 aliphatic rings. The lowest BCUT2D eigenvalue weighted by Crippen LogP contribution is -2.13.